The monoisotopic (exact) mass is 664 g/mol. The first-order chi connectivity index (χ1) is 21.3. The third-order valence-electron chi connectivity index (χ3n) is 5.73. The Morgan fingerprint density at radius 2 is 0.636 bits per heavy atom. The van der Waals surface area contributed by atoms with Gasteiger partial charge in [0.1, 0.15) is 11.5 Å². The average molecular weight is 665 g/mol. The Hall–Kier alpha value is -3.44. The van der Waals surface area contributed by atoms with Crippen molar-refractivity contribution in [2.24, 2.45) is 0 Å². The van der Waals surface area contributed by atoms with Crippen molar-refractivity contribution in [3.05, 3.63) is 131 Å². The Balaban J connectivity index is 0.000000241. The number of phenols is 2. The van der Waals surface area contributed by atoms with E-state index in [2.05, 4.69) is 0 Å². The summed E-state index contributed by atoms with van der Waals surface area (Å²) in [7, 11) is 0. The number of phenolic OH excluding ortho intramolecular Hbond substituents is 2. The second kappa shape index (κ2) is 19.8. The van der Waals surface area contributed by atoms with Gasteiger partial charge in [-0.2, -0.15) is 0 Å². The van der Waals surface area contributed by atoms with Crippen LogP contribution in [0.1, 0.15) is 54.3 Å². The molecule has 44 heavy (non-hydrogen) atoms. The Morgan fingerprint density at radius 1 is 0.386 bits per heavy atom. The van der Waals surface area contributed by atoms with E-state index in [1.165, 1.54) is 71.3 Å². The molecule has 0 unspecified atom stereocenters. The lowest BCUT2D eigenvalue weighted by atomic mass is 10.2. The lowest BCUT2D eigenvalue weighted by Gasteiger charge is -2.02. The summed E-state index contributed by atoms with van der Waals surface area (Å²) < 4.78 is 0. The summed E-state index contributed by atoms with van der Waals surface area (Å²) in [6.45, 7) is 0. The van der Waals surface area contributed by atoms with Gasteiger partial charge in [-0.1, -0.05) is 108 Å². The molecule has 0 saturated carbocycles. The lowest BCUT2D eigenvalue weighted by molar-refractivity contribution is 0.108. The highest BCUT2D eigenvalue weighted by molar-refractivity contribution is 8.15. The van der Waals surface area contributed by atoms with Crippen LogP contribution in [0, 0.1) is 0 Å². The van der Waals surface area contributed by atoms with E-state index in [4.69, 9.17) is 0 Å². The number of carbonyl (C=O) groups excluding carboxylic acids is 4. The van der Waals surface area contributed by atoms with Gasteiger partial charge in [0.05, 0.1) is 0 Å². The van der Waals surface area contributed by atoms with Crippen LogP contribution in [0.2, 0.25) is 0 Å². The molecule has 0 fully saturated rings. The van der Waals surface area contributed by atoms with Crippen LogP contribution in [0.15, 0.2) is 109 Å². The zero-order valence-electron chi connectivity index (χ0n) is 23.8. The van der Waals surface area contributed by atoms with Gasteiger partial charge in [0, 0.05) is 45.3 Å². The minimum atomic E-state index is -0.0418. The molecule has 228 valence electrons. The molecule has 0 atom stereocenters. The van der Waals surface area contributed by atoms with Crippen LogP contribution < -0.4 is 0 Å². The normalized spacial score (nSPS) is 10.4. The summed E-state index contributed by atoms with van der Waals surface area (Å²) in [6.07, 6.45) is 1.58. The van der Waals surface area contributed by atoms with Gasteiger partial charge < -0.3 is 10.2 Å². The van der Waals surface area contributed by atoms with Crippen molar-refractivity contribution >= 4 is 67.5 Å². The molecule has 0 heterocycles. The number of aromatic hydroxyl groups is 2. The van der Waals surface area contributed by atoms with Gasteiger partial charge in [0.15, 0.2) is 0 Å². The Morgan fingerprint density at radius 3 is 0.909 bits per heavy atom. The van der Waals surface area contributed by atoms with Crippen molar-refractivity contribution in [1.29, 1.82) is 0 Å². The number of hydrogen-bond acceptors (Lipinski definition) is 10. The SMILES string of the molecule is O=C(SCCCSC(=O)c1ccc(O)cc1)c1ccc(O)cc1.O=C(SCCCSC(=O)c1ccccc1)c1ccccc1. The van der Waals surface area contributed by atoms with Gasteiger partial charge in [0.2, 0.25) is 20.5 Å². The van der Waals surface area contributed by atoms with Crippen molar-refractivity contribution in [3.63, 3.8) is 0 Å². The van der Waals surface area contributed by atoms with E-state index in [1.54, 1.807) is 24.3 Å². The second-order valence-corrected chi connectivity index (χ2v) is 13.3. The fraction of sp³-hybridized carbons (Fsp3) is 0.176. The quantitative estimate of drug-likeness (QED) is 0.143. The van der Waals surface area contributed by atoms with E-state index >= 15 is 0 Å². The minimum absolute atomic E-state index is 0.0418. The highest BCUT2D eigenvalue weighted by Gasteiger charge is 2.10. The lowest BCUT2D eigenvalue weighted by Crippen LogP contribution is -1.98. The molecular weight excluding hydrogens is 633 g/mol. The predicted octanol–water partition coefficient (Wildman–Crippen LogP) is 8.46. The van der Waals surface area contributed by atoms with Crippen LogP contribution in [0.4, 0.5) is 0 Å². The predicted molar refractivity (Wildman–Crippen MR) is 185 cm³/mol. The van der Waals surface area contributed by atoms with Crippen molar-refractivity contribution in [3.8, 4) is 11.5 Å². The van der Waals surface area contributed by atoms with Gasteiger partial charge in [0.25, 0.3) is 0 Å². The van der Waals surface area contributed by atoms with Crippen molar-refractivity contribution < 1.29 is 29.4 Å². The van der Waals surface area contributed by atoms with Crippen LogP contribution in [0.5, 0.6) is 11.5 Å². The van der Waals surface area contributed by atoms with Crippen LogP contribution >= 0.6 is 47.0 Å². The highest BCUT2D eigenvalue weighted by Crippen LogP contribution is 2.20. The van der Waals surface area contributed by atoms with E-state index < -0.39 is 0 Å². The maximum absolute atomic E-state index is 11.9. The molecule has 0 aliphatic rings. The largest absolute Gasteiger partial charge is 0.508 e. The Bertz CT molecular complexity index is 1370. The third kappa shape index (κ3) is 13.1. The molecule has 0 amide bonds. The summed E-state index contributed by atoms with van der Waals surface area (Å²) in [5.41, 5.74) is 2.58. The van der Waals surface area contributed by atoms with Crippen LogP contribution in [0.3, 0.4) is 0 Å². The number of rotatable bonds is 12. The molecule has 4 aromatic rings. The molecule has 10 heteroatoms. The van der Waals surface area contributed by atoms with E-state index in [-0.39, 0.29) is 32.0 Å². The smallest absolute Gasteiger partial charge is 0.219 e. The summed E-state index contributed by atoms with van der Waals surface area (Å²) in [4.78, 5) is 47.5. The summed E-state index contributed by atoms with van der Waals surface area (Å²) in [6, 6.07) is 30.8. The molecule has 4 aromatic carbocycles. The maximum atomic E-state index is 11.9. The molecule has 0 aliphatic carbocycles. The van der Waals surface area contributed by atoms with Gasteiger partial charge in [-0.25, -0.2) is 0 Å². The highest BCUT2D eigenvalue weighted by atomic mass is 32.2. The van der Waals surface area contributed by atoms with Crippen LogP contribution in [0.25, 0.3) is 0 Å². The molecule has 0 aliphatic heterocycles. The number of benzene rings is 4. The van der Waals surface area contributed by atoms with Crippen LogP contribution in [-0.2, 0) is 0 Å². The number of thioether (sulfide) groups is 4. The van der Waals surface area contributed by atoms with Crippen molar-refractivity contribution in [1.82, 2.24) is 0 Å². The fourth-order valence-electron chi connectivity index (χ4n) is 3.45. The first-order valence-corrected chi connectivity index (χ1v) is 17.6. The molecule has 0 aromatic heterocycles. The number of carbonyl (C=O) groups is 4. The Labute approximate surface area is 274 Å². The van der Waals surface area contributed by atoms with Gasteiger partial charge in [-0.15, -0.1) is 0 Å². The first kappa shape index (κ1) is 35.0. The van der Waals surface area contributed by atoms with E-state index in [0.717, 1.165) is 35.5 Å². The topological polar surface area (TPSA) is 109 Å². The molecule has 0 bridgehead atoms. The molecule has 6 nitrogen and oxygen atoms in total. The maximum Gasteiger partial charge on any atom is 0.219 e. The Kier molecular flexibility index (Phi) is 15.7. The summed E-state index contributed by atoms with van der Waals surface area (Å²) >= 11 is 5.04. The molecule has 0 saturated heterocycles. The van der Waals surface area contributed by atoms with Gasteiger partial charge in [-0.05, 0) is 61.4 Å². The first-order valence-electron chi connectivity index (χ1n) is 13.7. The minimum Gasteiger partial charge on any atom is -0.508 e. The molecule has 0 radical (unpaired) electrons. The van der Waals surface area contributed by atoms with Crippen molar-refractivity contribution in [2.75, 3.05) is 23.0 Å². The second-order valence-electron chi connectivity index (χ2n) is 9.08. The van der Waals surface area contributed by atoms with E-state index in [1.807, 2.05) is 60.7 Å². The molecule has 4 rings (SSSR count). The standard InChI is InChI=1S/C17H16O4S2.C17H16O2S2/c18-14-6-2-12(3-7-14)16(20)22-10-1-11-23-17(21)13-4-8-15(19)9-5-13;18-16(14-8-3-1-4-9-14)20-12-7-13-21-17(19)15-10-5-2-6-11-15/h2-9,18-19H,1,10-11H2;1-6,8-11H,7,12-13H2. The summed E-state index contributed by atoms with van der Waals surface area (Å²) in [5.74, 6) is 3.02. The molecule has 0 spiro atoms. The van der Waals surface area contributed by atoms with Crippen molar-refractivity contribution in [2.45, 2.75) is 12.8 Å². The van der Waals surface area contributed by atoms with Gasteiger partial charge in [-0.3, -0.25) is 19.2 Å². The zero-order valence-corrected chi connectivity index (χ0v) is 27.1. The van der Waals surface area contributed by atoms with Gasteiger partial charge >= 0.3 is 0 Å². The summed E-state index contributed by atoms with van der Waals surface area (Å²) in [5, 5.41) is 18.5. The molecular formula is C34H32O6S4. The average Bonchev–Trinajstić information content (AvgIpc) is 3.05. The van der Waals surface area contributed by atoms with E-state index in [0.29, 0.717) is 22.6 Å². The fourth-order valence-corrected chi connectivity index (χ4v) is 6.93. The van der Waals surface area contributed by atoms with E-state index in [9.17, 15) is 29.4 Å². The zero-order chi connectivity index (χ0) is 31.6. The molecule has 2 N–H and O–H groups in total. The third-order valence-corrected chi connectivity index (χ3v) is 9.70. The number of hydrogen-bond donors (Lipinski definition) is 2. The van der Waals surface area contributed by atoms with Crippen LogP contribution in [-0.4, -0.2) is 53.7 Å².